The van der Waals surface area contributed by atoms with Crippen LogP contribution in [0.5, 0.6) is 0 Å². The van der Waals surface area contributed by atoms with Crippen LogP contribution in [0.25, 0.3) is 0 Å². The van der Waals surface area contributed by atoms with Gasteiger partial charge in [0.15, 0.2) is 0 Å². The molecule has 3 unspecified atom stereocenters. The molecule has 2 fully saturated rings. The van der Waals surface area contributed by atoms with Crippen molar-refractivity contribution in [1.82, 2.24) is 0 Å². The van der Waals surface area contributed by atoms with Crippen LogP contribution in [0.2, 0.25) is 0 Å². The molecule has 0 radical (unpaired) electrons. The van der Waals surface area contributed by atoms with Gasteiger partial charge in [0.2, 0.25) is 0 Å². The van der Waals surface area contributed by atoms with Crippen molar-refractivity contribution in [1.29, 1.82) is 0 Å². The Morgan fingerprint density at radius 3 is 2.53 bits per heavy atom. The highest BCUT2D eigenvalue weighted by Gasteiger charge is 2.38. The molecular weight excluding hydrogens is 226 g/mol. The SMILES string of the molecule is NCc1ccc(SCC2CC3CCC2C3)cc1. The van der Waals surface area contributed by atoms with E-state index in [2.05, 4.69) is 24.3 Å². The lowest BCUT2D eigenvalue weighted by Crippen LogP contribution is -2.12. The fourth-order valence-corrected chi connectivity index (χ4v) is 4.65. The van der Waals surface area contributed by atoms with Crippen LogP contribution < -0.4 is 5.73 Å². The Labute approximate surface area is 108 Å². The molecule has 0 aromatic heterocycles. The zero-order valence-corrected chi connectivity index (χ0v) is 11.1. The van der Waals surface area contributed by atoms with Gasteiger partial charge in [-0.15, -0.1) is 11.8 Å². The Kier molecular flexibility index (Phi) is 3.44. The first-order chi connectivity index (χ1) is 8.35. The number of rotatable bonds is 4. The Balaban J connectivity index is 1.53. The van der Waals surface area contributed by atoms with E-state index in [1.807, 2.05) is 11.8 Å². The molecule has 2 saturated carbocycles. The monoisotopic (exact) mass is 247 g/mol. The standard InChI is InChI=1S/C15H21NS/c16-9-11-2-5-15(6-3-11)17-10-14-8-12-1-4-13(14)7-12/h2-3,5-6,12-14H,1,4,7-10,16H2. The van der Waals surface area contributed by atoms with Crippen molar-refractivity contribution >= 4 is 11.8 Å². The van der Waals surface area contributed by atoms with Gasteiger partial charge in [-0.25, -0.2) is 0 Å². The topological polar surface area (TPSA) is 26.0 Å². The molecule has 1 aromatic carbocycles. The summed E-state index contributed by atoms with van der Waals surface area (Å²) in [6, 6.07) is 8.76. The van der Waals surface area contributed by atoms with Gasteiger partial charge in [-0.3, -0.25) is 0 Å². The van der Waals surface area contributed by atoms with Crippen LogP contribution in [0.4, 0.5) is 0 Å². The normalized spacial score (nSPS) is 31.0. The van der Waals surface area contributed by atoms with E-state index in [9.17, 15) is 0 Å². The number of hydrogen-bond acceptors (Lipinski definition) is 2. The van der Waals surface area contributed by atoms with Crippen molar-refractivity contribution < 1.29 is 0 Å². The summed E-state index contributed by atoms with van der Waals surface area (Å²) in [5, 5.41) is 0. The highest BCUT2D eigenvalue weighted by Crippen LogP contribution is 2.49. The molecule has 2 aliphatic rings. The highest BCUT2D eigenvalue weighted by molar-refractivity contribution is 7.99. The minimum absolute atomic E-state index is 0.650. The lowest BCUT2D eigenvalue weighted by Gasteiger charge is -2.20. The third kappa shape index (κ3) is 2.53. The van der Waals surface area contributed by atoms with Crippen LogP contribution in [0.1, 0.15) is 31.2 Å². The molecule has 0 aliphatic heterocycles. The van der Waals surface area contributed by atoms with Crippen molar-refractivity contribution in [3.63, 3.8) is 0 Å². The number of fused-ring (bicyclic) bond motifs is 2. The summed E-state index contributed by atoms with van der Waals surface area (Å²) >= 11 is 2.04. The molecule has 0 heterocycles. The molecule has 92 valence electrons. The quantitative estimate of drug-likeness (QED) is 0.821. The maximum absolute atomic E-state index is 5.61. The molecule has 0 saturated heterocycles. The smallest absolute Gasteiger partial charge is 0.0178 e. The molecule has 2 aliphatic carbocycles. The van der Waals surface area contributed by atoms with E-state index in [4.69, 9.17) is 5.73 Å². The van der Waals surface area contributed by atoms with Gasteiger partial charge in [-0.2, -0.15) is 0 Å². The van der Waals surface area contributed by atoms with Crippen molar-refractivity contribution in [2.75, 3.05) is 5.75 Å². The predicted octanol–water partition coefficient (Wildman–Crippen LogP) is 3.67. The molecule has 1 aromatic rings. The van der Waals surface area contributed by atoms with Crippen LogP contribution in [-0.2, 0) is 6.54 Å². The number of thioether (sulfide) groups is 1. The zero-order valence-electron chi connectivity index (χ0n) is 10.3. The summed E-state index contributed by atoms with van der Waals surface area (Å²) in [6.07, 6.45) is 6.04. The Hall–Kier alpha value is -0.470. The van der Waals surface area contributed by atoms with E-state index in [-0.39, 0.29) is 0 Å². The summed E-state index contributed by atoms with van der Waals surface area (Å²) in [5.74, 6) is 4.44. The van der Waals surface area contributed by atoms with Gasteiger partial charge < -0.3 is 5.73 Å². The first kappa shape index (κ1) is 11.6. The second kappa shape index (κ2) is 5.03. The summed E-state index contributed by atoms with van der Waals surface area (Å²) < 4.78 is 0. The van der Waals surface area contributed by atoms with Crippen molar-refractivity contribution in [2.45, 2.75) is 37.1 Å². The van der Waals surface area contributed by atoms with Gasteiger partial charge in [0.1, 0.15) is 0 Å². The van der Waals surface area contributed by atoms with Crippen LogP contribution >= 0.6 is 11.8 Å². The Morgan fingerprint density at radius 1 is 1.12 bits per heavy atom. The van der Waals surface area contributed by atoms with Crippen LogP contribution in [0.15, 0.2) is 29.2 Å². The fourth-order valence-electron chi connectivity index (χ4n) is 3.51. The van der Waals surface area contributed by atoms with E-state index >= 15 is 0 Å². The summed E-state index contributed by atoms with van der Waals surface area (Å²) in [5.41, 5.74) is 6.84. The molecule has 1 nitrogen and oxygen atoms in total. The van der Waals surface area contributed by atoms with Gasteiger partial charge in [-0.1, -0.05) is 18.6 Å². The maximum atomic E-state index is 5.61. The van der Waals surface area contributed by atoms with Gasteiger partial charge in [0.25, 0.3) is 0 Å². The lowest BCUT2D eigenvalue weighted by molar-refractivity contribution is 0.365. The van der Waals surface area contributed by atoms with E-state index in [0.29, 0.717) is 6.54 Å². The molecule has 0 amide bonds. The lowest BCUT2D eigenvalue weighted by atomic mass is 9.90. The molecule has 3 atom stereocenters. The molecule has 17 heavy (non-hydrogen) atoms. The van der Waals surface area contributed by atoms with E-state index in [0.717, 1.165) is 17.8 Å². The van der Waals surface area contributed by atoms with Crippen LogP contribution in [0.3, 0.4) is 0 Å². The van der Waals surface area contributed by atoms with Crippen LogP contribution in [0, 0.1) is 17.8 Å². The van der Waals surface area contributed by atoms with E-state index in [1.54, 1.807) is 0 Å². The van der Waals surface area contributed by atoms with Crippen molar-refractivity contribution in [3.05, 3.63) is 29.8 Å². The van der Waals surface area contributed by atoms with Gasteiger partial charge in [0, 0.05) is 17.2 Å². The van der Waals surface area contributed by atoms with E-state index < -0.39 is 0 Å². The van der Waals surface area contributed by atoms with Crippen molar-refractivity contribution in [3.8, 4) is 0 Å². The van der Waals surface area contributed by atoms with Gasteiger partial charge in [-0.05, 0) is 54.7 Å². The van der Waals surface area contributed by atoms with E-state index in [1.165, 1.54) is 41.9 Å². The molecule has 2 bridgehead atoms. The first-order valence-corrected chi connectivity index (χ1v) is 7.75. The molecule has 0 spiro atoms. The largest absolute Gasteiger partial charge is 0.326 e. The predicted molar refractivity (Wildman–Crippen MR) is 74.0 cm³/mol. The first-order valence-electron chi connectivity index (χ1n) is 6.77. The van der Waals surface area contributed by atoms with Crippen molar-refractivity contribution in [2.24, 2.45) is 23.5 Å². The minimum Gasteiger partial charge on any atom is -0.326 e. The summed E-state index contributed by atoms with van der Waals surface area (Å²) in [4.78, 5) is 1.41. The minimum atomic E-state index is 0.650. The zero-order chi connectivity index (χ0) is 11.7. The molecular formula is C15H21NS. The number of benzene rings is 1. The second-order valence-corrected chi connectivity index (χ2v) is 6.69. The van der Waals surface area contributed by atoms with Gasteiger partial charge in [0.05, 0.1) is 0 Å². The highest BCUT2D eigenvalue weighted by atomic mass is 32.2. The third-order valence-electron chi connectivity index (χ3n) is 4.51. The average molecular weight is 247 g/mol. The molecule has 2 N–H and O–H groups in total. The maximum Gasteiger partial charge on any atom is 0.0178 e. The molecule has 3 rings (SSSR count). The average Bonchev–Trinajstić information content (AvgIpc) is 2.99. The Bertz CT molecular complexity index is 373. The summed E-state index contributed by atoms with van der Waals surface area (Å²) in [7, 11) is 0. The van der Waals surface area contributed by atoms with Gasteiger partial charge >= 0.3 is 0 Å². The number of nitrogens with two attached hydrogens (primary N) is 1. The summed E-state index contributed by atoms with van der Waals surface area (Å²) in [6.45, 7) is 0.650. The fraction of sp³-hybridized carbons (Fsp3) is 0.600. The molecule has 2 heteroatoms. The second-order valence-electron chi connectivity index (χ2n) is 5.59. The third-order valence-corrected chi connectivity index (χ3v) is 5.71. The Morgan fingerprint density at radius 2 is 1.94 bits per heavy atom. The number of hydrogen-bond donors (Lipinski definition) is 1. The van der Waals surface area contributed by atoms with Crippen LogP contribution in [-0.4, -0.2) is 5.75 Å².